The smallest absolute Gasteiger partial charge is 0.00232 e. The normalized spacial score (nSPS) is 13.6. The summed E-state index contributed by atoms with van der Waals surface area (Å²) in [6.07, 6.45) is 5.42. The highest BCUT2D eigenvalue weighted by Gasteiger charge is 2.01. The largest absolute Gasteiger partial charge is 0.316 e. The molecule has 0 aliphatic heterocycles. The molecule has 0 aromatic heterocycles. The van der Waals surface area contributed by atoms with Gasteiger partial charge in [-0.15, -0.1) is 0 Å². The van der Waals surface area contributed by atoms with Gasteiger partial charge < -0.3 is 5.32 Å². The highest BCUT2D eigenvalue weighted by atomic mass is 14.8. The van der Waals surface area contributed by atoms with Crippen molar-refractivity contribution >= 4 is 0 Å². The van der Waals surface area contributed by atoms with Crippen molar-refractivity contribution in [3.05, 3.63) is 0 Å². The van der Waals surface area contributed by atoms with Crippen LogP contribution in [-0.2, 0) is 0 Å². The lowest BCUT2D eigenvalue weighted by Crippen LogP contribution is -2.21. The van der Waals surface area contributed by atoms with Crippen molar-refractivity contribution in [3.8, 4) is 0 Å². The van der Waals surface area contributed by atoms with Crippen LogP contribution in [0.2, 0.25) is 0 Å². The molecule has 0 saturated heterocycles. The van der Waals surface area contributed by atoms with E-state index in [1.54, 1.807) is 0 Å². The van der Waals surface area contributed by atoms with Crippen molar-refractivity contribution < 1.29 is 0 Å². The van der Waals surface area contributed by atoms with Gasteiger partial charge in [0.15, 0.2) is 0 Å². The summed E-state index contributed by atoms with van der Waals surface area (Å²) in [5, 5.41) is 3.47. The Labute approximate surface area is 84.3 Å². The molecule has 1 unspecified atom stereocenters. The predicted octanol–water partition coefficient (Wildman–Crippen LogP) is 3.45. The second kappa shape index (κ2) is 8.55. The average molecular weight is 185 g/mol. The van der Waals surface area contributed by atoms with E-state index in [9.17, 15) is 0 Å². The van der Waals surface area contributed by atoms with Crippen molar-refractivity contribution in [2.45, 2.75) is 53.4 Å². The second-order valence-electron chi connectivity index (χ2n) is 4.63. The molecule has 1 atom stereocenters. The first kappa shape index (κ1) is 13.0. The van der Waals surface area contributed by atoms with Crippen LogP contribution in [0.25, 0.3) is 0 Å². The Morgan fingerprint density at radius 2 is 1.77 bits per heavy atom. The number of hydrogen-bond acceptors (Lipinski definition) is 1. The van der Waals surface area contributed by atoms with E-state index in [4.69, 9.17) is 0 Å². The number of hydrogen-bond donors (Lipinski definition) is 1. The molecule has 0 aromatic rings. The van der Waals surface area contributed by atoms with Gasteiger partial charge in [-0.25, -0.2) is 0 Å². The summed E-state index contributed by atoms with van der Waals surface area (Å²) >= 11 is 0. The van der Waals surface area contributed by atoms with Crippen molar-refractivity contribution in [1.82, 2.24) is 5.32 Å². The van der Waals surface area contributed by atoms with E-state index in [-0.39, 0.29) is 0 Å². The first-order valence-electron chi connectivity index (χ1n) is 5.87. The molecule has 0 fully saturated rings. The molecule has 0 saturated carbocycles. The highest BCUT2D eigenvalue weighted by molar-refractivity contribution is 4.58. The van der Waals surface area contributed by atoms with Crippen LogP contribution in [0.15, 0.2) is 0 Å². The third-order valence-electron chi connectivity index (χ3n) is 2.40. The lowest BCUT2D eigenvalue weighted by molar-refractivity contribution is 0.434. The van der Waals surface area contributed by atoms with E-state index >= 15 is 0 Å². The van der Waals surface area contributed by atoms with E-state index in [0.29, 0.717) is 0 Å². The molecular weight excluding hydrogens is 158 g/mol. The summed E-state index contributed by atoms with van der Waals surface area (Å²) in [4.78, 5) is 0. The molecule has 1 heteroatoms. The van der Waals surface area contributed by atoms with Gasteiger partial charge in [0.2, 0.25) is 0 Å². The summed E-state index contributed by atoms with van der Waals surface area (Å²) in [7, 11) is 0. The lowest BCUT2D eigenvalue weighted by Gasteiger charge is -2.12. The van der Waals surface area contributed by atoms with Crippen LogP contribution in [0.3, 0.4) is 0 Å². The SMILES string of the molecule is CCCNCC(C)CCCC(C)C. The Morgan fingerprint density at radius 1 is 1.08 bits per heavy atom. The highest BCUT2D eigenvalue weighted by Crippen LogP contribution is 2.11. The first-order valence-corrected chi connectivity index (χ1v) is 5.87. The van der Waals surface area contributed by atoms with E-state index in [0.717, 1.165) is 11.8 Å². The van der Waals surface area contributed by atoms with Gasteiger partial charge in [-0.2, -0.15) is 0 Å². The molecule has 0 bridgehead atoms. The van der Waals surface area contributed by atoms with Gasteiger partial charge in [-0.05, 0) is 37.8 Å². The molecule has 1 nitrogen and oxygen atoms in total. The van der Waals surface area contributed by atoms with E-state index < -0.39 is 0 Å². The Morgan fingerprint density at radius 3 is 2.31 bits per heavy atom. The second-order valence-corrected chi connectivity index (χ2v) is 4.63. The van der Waals surface area contributed by atoms with Crippen molar-refractivity contribution in [2.24, 2.45) is 11.8 Å². The molecule has 13 heavy (non-hydrogen) atoms. The first-order chi connectivity index (χ1) is 6.16. The Balaban J connectivity index is 3.15. The van der Waals surface area contributed by atoms with Gasteiger partial charge in [0.25, 0.3) is 0 Å². The van der Waals surface area contributed by atoms with Gasteiger partial charge in [0.1, 0.15) is 0 Å². The summed E-state index contributed by atoms with van der Waals surface area (Å²) in [6.45, 7) is 11.6. The minimum Gasteiger partial charge on any atom is -0.316 e. The molecule has 0 radical (unpaired) electrons. The van der Waals surface area contributed by atoms with Crippen LogP contribution >= 0.6 is 0 Å². The van der Waals surface area contributed by atoms with Crippen molar-refractivity contribution in [1.29, 1.82) is 0 Å². The molecular formula is C12H27N. The summed E-state index contributed by atoms with van der Waals surface area (Å²) in [6, 6.07) is 0. The van der Waals surface area contributed by atoms with Crippen molar-refractivity contribution in [3.63, 3.8) is 0 Å². The van der Waals surface area contributed by atoms with Crippen LogP contribution in [0.5, 0.6) is 0 Å². The summed E-state index contributed by atoms with van der Waals surface area (Å²) < 4.78 is 0. The van der Waals surface area contributed by atoms with Crippen LogP contribution < -0.4 is 5.32 Å². The van der Waals surface area contributed by atoms with E-state index in [2.05, 4.69) is 33.0 Å². The molecule has 0 spiro atoms. The zero-order chi connectivity index (χ0) is 10.1. The maximum atomic E-state index is 3.47. The Bertz CT molecular complexity index is 99.3. The molecule has 0 amide bonds. The minimum absolute atomic E-state index is 0.852. The summed E-state index contributed by atoms with van der Waals surface area (Å²) in [5.41, 5.74) is 0. The van der Waals surface area contributed by atoms with E-state index in [1.165, 1.54) is 38.8 Å². The molecule has 0 rings (SSSR count). The van der Waals surface area contributed by atoms with Gasteiger partial charge in [0, 0.05) is 0 Å². The molecule has 80 valence electrons. The standard InChI is InChI=1S/C12H27N/c1-5-9-13-10-12(4)8-6-7-11(2)3/h11-13H,5-10H2,1-4H3. The fourth-order valence-electron chi connectivity index (χ4n) is 1.50. The molecule has 0 heterocycles. The van der Waals surface area contributed by atoms with Crippen LogP contribution in [0.1, 0.15) is 53.4 Å². The Kier molecular flexibility index (Phi) is 8.53. The molecule has 0 aliphatic rings. The van der Waals surface area contributed by atoms with Crippen LogP contribution in [-0.4, -0.2) is 13.1 Å². The molecule has 0 aliphatic carbocycles. The molecule has 0 aromatic carbocycles. The number of nitrogens with one attached hydrogen (secondary N) is 1. The minimum atomic E-state index is 0.852. The fourth-order valence-corrected chi connectivity index (χ4v) is 1.50. The monoisotopic (exact) mass is 185 g/mol. The van der Waals surface area contributed by atoms with Gasteiger partial charge >= 0.3 is 0 Å². The average Bonchev–Trinajstić information content (AvgIpc) is 2.04. The topological polar surface area (TPSA) is 12.0 Å². The van der Waals surface area contributed by atoms with Gasteiger partial charge in [-0.3, -0.25) is 0 Å². The van der Waals surface area contributed by atoms with Crippen LogP contribution in [0.4, 0.5) is 0 Å². The van der Waals surface area contributed by atoms with Crippen molar-refractivity contribution in [2.75, 3.05) is 13.1 Å². The van der Waals surface area contributed by atoms with E-state index in [1.807, 2.05) is 0 Å². The zero-order valence-corrected chi connectivity index (χ0v) is 9.90. The predicted molar refractivity (Wildman–Crippen MR) is 61.0 cm³/mol. The maximum Gasteiger partial charge on any atom is -0.00232 e. The lowest BCUT2D eigenvalue weighted by atomic mass is 10.00. The van der Waals surface area contributed by atoms with Crippen LogP contribution in [0, 0.1) is 11.8 Å². The van der Waals surface area contributed by atoms with Gasteiger partial charge in [-0.1, -0.05) is 40.5 Å². The third-order valence-corrected chi connectivity index (χ3v) is 2.40. The third kappa shape index (κ3) is 9.88. The fraction of sp³-hybridized carbons (Fsp3) is 1.00. The number of rotatable bonds is 8. The zero-order valence-electron chi connectivity index (χ0n) is 9.90. The Hall–Kier alpha value is -0.0400. The summed E-state index contributed by atoms with van der Waals surface area (Å²) in [5.74, 6) is 1.72. The van der Waals surface area contributed by atoms with Gasteiger partial charge in [0.05, 0.1) is 0 Å². The quantitative estimate of drug-likeness (QED) is 0.571. The molecule has 1 N–H and O–H groups in total. The maximum absolute atomic E-state index is 3.47.